The van der Waals surface area contributed by atoms with E-state index in [0.29, 0.717) is 11.4 Å². The number of carbonyl (C=O) groups excluding carboxylic acids is 2. The van der Waals surface area contributed by atoms with Gasteiger partial charge in [-0.05, 0) is 38.1 Å². The van der Waals surface area contributed by atoms with Gasteiger partial charge in [0.2, 0.25) is 5.91 Å². The molecule has 1 atom stereocenters. The summed E-state index contributed by atoms with van der Waals surface area (Å²) < 4.78 is 5.17. The van der Waals surface area contributed by atoms with Gasteiger partial charge in [0.05, 0.1) is 25.3 Å². The topological polar surface area (TPSA) is 49.9 Å². The molecule has 0 bridgehead atoms. The molecule has 0 radical (unpaired) electrons. The van der Waals surface area contributed by atoms with Crippen LogP contribution in [-0.2, 0) is 9.59 Å². The lowest BCUT2D eigenvalue weighted by atomic mass is 10.1. The summed E-state index contributed by atoms with van der Waals surface area (Å²) in [5, 5.41) is 0. The van der Waals surface area contributed by atoms with Crippen LogP contribution >= 0.6 is 0 Å². The minimum Gasteiger partial charge on any atom is -0.497 e. The number of amides is 2. The van der Waals surface area contributed by atoms with Crippen LogP contribution in [-0.4, -0.2) is 43.0 Å². The van der Waals surface area contributed by atoms with Gasteiger partial charge in [-0.15, -0.1) is 0 Å². The first-order valence-electron chi connectivity index (χ1n) is 7.45. The van der Waals surface area contributed by atoms with Crippen LogP contribution in [0.15, 0.2) is 24.3 Å². The maximum absolute atomic E-state index is 12.6. The summed E-state index contributed by atoms with van der Waals surface area (Å²) in [6.07, 6.45) is 3.72. The van der Waals surface area contributed by atoms with Gasteiger partial charge in [0.1, 0.15) is 5.75 Å². The van der Waals surface area contributed by atoms with Crippen LogP contribution in [0.5, 0.6) is 5.75 Å². The lowest BCUT2D eigenvalue weighted by molar-refractivity contribution is -0.123. The van der Waals surface area contributed by atoms with Gasteiger partial charge in [-0.3, -0.25) is 14.5 Å². The zero-order valence-electron chi connectivity index (χ0n) is 12.2. The van der Waals surface area contributed by atoms with Crippen molar-refractivity contribution < 1.29 is 14.3 Å². The zero-order valence-corrected chi connectivity index (χ0v) is 12.2. The summed E-state index contributed by atoms with van der Waals surface area (Å²) in [5.74, 6) is 0.425. The highest BCUT2D eigenvalue weighted by Crippen LogP contribution is 2.29. The largest absolute Gasteiger partial charge is 0.497 e. The van der Waals surface area contributed by atoms with E-state index < -0.39 is 0 Å². The van der Waals surface area contributed by atoms with E-state index >= 15 is 0 Å². The first-order chi connectivity index (χ1) is 10.2. The Kier molecular flexibility index (Phi) is 3.92. The van der Waals surface area contributed by atoms with E-state index in [9.17, 15) is 9.59 Å². The first-order valence-corrected chi connectivity index (χ1v) is 7.45. The third kappa shape index (κ3) is 2.65. The Hall–Kier alpha value is -1.88. The fourth-order valence-corrected chi connectivity index (χ4v) is 3.15. The fraction of sp³-hybridized carbons (Fsp3) is 0.500. The molecule has 2 heterocycles. The molecule has 0 aromatic heterocycles. The van der Waals surface area contributed by atoms with Crippen molar-refractivity contribution in [2.24, 2.45) is 0 Å². The summed E-state index contributed by atoms with van der Waals surface area (Å²) in [5.41, 5.74) is 0.601. The quantitative estimate of drug-likeness (QED) is 0.796. The van der Waals surface area contributed by atoms with E-state index in [1.54, 1.807) is 31.4 Å². The van der Waals surface area contributed by atoms with E-state index in [0.717, 1.165) is 25.9 Å². The highest BCUT2D eigenvalue weighted by atomic mass is 16.5. The zero-order chi connectivity index (χ0) is 14.8. The Bertz CT molecular complexity index is 552. The minimum absolute atomic E-state index is 0.102. The van der Waals surface area contributed by atoms with Crippen LogP contribution in [0, 0.1) is 0 Å². The number of methoxy groups -OCH3 is 1. The van der Waals surface area contributed by atoms with E-state index in [-0.39, 0.29) is 24.3 Å². The maximum Gasteiger partial charge on any atom is 0.251 e. The number of piperidine rings is 1. The second kappa shape index (κ2) is 5.85. The molecule has 2 aliphatic heterocycles. The van der Waals surface area contributed by atoms with E-state index in [2.05, 4.69) is 4.90 Å². The summed E-state index contributed by atoms with van der Waals surface area (Å²) in [7, 11) is 1.57. The second-order valence-corrected chi connectivity index (χ2v) is 5.59. The fourth-order valence-electron chi connectivity index (χ4n) is 3.15. The Morgan fingerprint density at radius 1 is 1.14 bits per heavy atom. The molecule has 112 valence electrons. The van der Waals surface area contributed by atoms with Crippen LogP contribution in [0.3, 0.4) is 0 Å². The number of carbonyl (C=O) groups is 2. The van der Waals surface area contributed by atoms with Gasteiger partial charge in [0.15, 0.2) is 0 Å². The second-order valence-electron chi connectivity index (χ2n) is 5.59. The van der Waals surface area contributed by atoms with Gasteiger partial charge in [-0.2, -0.15) is 0 Å². The van der Waals surface area contributed by atoms with Crippen molar-refractivity contribution >= 4 is 17.5 Å². The third-order valence-corrected chi connectivity index (χ3v) is 4.27. The molecular weight excluding hydrogens is 268 g/mol. The number of ether oxygens (including phenoxy) is 1. The Balaban J connectivity index is 1.82. The highest BCUT2D eigenvalue weighted by Gasteiger charge is 2.42. The molecular formula is C16H20N2O3. The molecule has 1 aromatic carbocycles. The van der Waals surface area contributed by atoms with Gasteiger partial charge in [-0.25, -0.2) is 4.90 Å². The molecule has 0 spiro atoms. The molecule has 0 aliphatic carbocycles. The normalized spacial score (nSPS) is 23.7. The molecule has 5 nitrogen and oxygen atoms in total. The monoisotopic (exact) mass is 288 g/mol. The molecule has 0 saturated carbocycles. The maximum atomic E-state index is 12.6. The standard InChI is InChI=1S/C16H20N2O3/c1-21-13-7-5-6-12(10-13)18-15(19)11-14(16(18)20)17-8-3-2-4-9-17/h5-7,10,14H,2-4,8-9,11H2,1H3/t14-/m0/s1. The van der Waals surface area contributed by atoms with Crippen LogP contribution < -0.4 is 9.64 Å². The molecule has 3 rings (SSSR count). The van der Waals surface area contributed by atoms with Crippen LogP contribution in [0.1, 0.15) is 25.7 Å². The van der Waals surface area contributed by atoms with Gasteiger partial charge in [0, 0.05) is 6.07 Å². The Morgan fingerprint density at radius 3 is 2.62 bits per heavy atom. The number of nitrogens with zero attached hydrogens (tertiary/aromatic N) is 2. The molecule has 2 fully saturated rings. The molecule has 2 saturated heterocycles. The molecule has 2 amide bonds. The summed E-state index contributed by atoms with van der Waals surface area (Å²) >= 11 is 0. The molecule has 21 heavy (non-hydrogen) atoms. The van der Waals surface area contributed by atoms with Crippen molar-refractivity contribution in [3.63, 3.8) is 0 Å². The number of imide groups is 1. The molecule has 0 unspecified atom stereocenters. The Morgan fingerprint density at radius 2 is 1.90 bits per heavy atom. The average molecular weight is 288 g/mol. The lowest BCUT2D eigenvalue weighted by Crippen LogP contribution is -2.44. The van der Waals surface area contributed by atoms with Crippen LogP contribution in [0.2, 0.25) is 0 Å². The van der Waals surface area contributed by atoms with Crippen molar-refractivity contribution in [1.82, 2.24) is 4.90 Å². The average Bonchev–Trinajstić information content (AvgIpc) is 2.83. The summed E-state index contributed by atoms with van der Waals surface area (Å²) in [6, 6.07) is 6.81. The number of rotatable bonds is 3. The van der Waals surface area contributed by atoms with Crippen molar-refractivity contribution in [2.45, 2.75) is 31.7 Å². The van der Waals surface area contributed by atoms with Gasteiger partial charge in [-0.1, -0.05) is 12.5 Å². The first kappa shape index (κ1) is 14.1. The van der Waals surface area contributed by atoms with Crippen molar-refractivity contribution in [3.05, 3.63) is 24.3 Å². The number of benzene rings is 1. The minimum atomic E-state index is -0.288. The van der Waals surface area contributed by atoms with Crippen LogP contribution in [0.25, 0.3) is 0 Å². The number of likely N-dealkylation sites (tertiary alicyclic amines) is 1. The molecule has 2 aliphatic rings. The third-order valence-electron chi connectivity index (χ3n) is 4.27. The predicted molar refractivity (Wildman–Crippen MR) is 79.3 cm³/mol. The summed E-state index contributed by atoms with van der Waals surface area (Å²) in [6.45, 7) is 1.82. The van der Waals surface area contributed by atoms with Gasteiger partial charge in [0.25, 0.3) is 5.91 Å². The molecule has 1 aromatic rings. The lowest BCUT2D eigenvalue weighted by Gasteiger charge is -2.30. The predicted octanol–water partition coefficient (Wildman–Crippen LogP) is 1.81. The van der Waals surface area contributed by atoms with E-state index in [1.807, 2.05) is 0 Å². The number of anilines is 1. The van der Waals surface area contributed by atoms with E-state index in [1.165, 1.54) is 11.3 Å². The highest BCUT2D eigenvalue weighted by molar-refractivity contribution is 6.22. The van der Waals surface area contributed by atoms with Gasteiger partial charge >= 0.3 is 0 Å². The van der Waals surface area contributed by atoms with Crippen LogP contribution in [0.4, 0.5) is 5.69 Å². The SMILES string of the molecule is COc1cccc(N2C(=O)C[C@H](N3CCCCC3)C2=O)c1. The number of hydrogen-bond acceptors (Lipinski definition) is 4. The molecule has 5 heteroatoms. The van der Waals surface area contributed by atoms with Crippen molar-refractivity contribution in [2.75, 3.05) is 25.1 Å². The number of hydrogen-bond donors (Lipinski definition) is 0. The van der Waals surface area contributed by atoms with Crippen molar-refractivity contribution in [1.29, 1.82) is 0 Å². The van der Waals surface area contributed by atoms with E-state index in [4.69, 9.17) is 4.74 Å². The molecule has 0 N–H and O–H groups in total. The summed E-state index contributed by atoms with van der Waals surface area (Å²) in [4.78, 5) is 28.4. The van der Waals surface area contributed by atoms with Crippen molar-refractivity contribution in [3.8, 4) is 5.75 Å². The smallest absolute Gasteiger partial charge is 0.251 e. The van der Waals surface area contributed by atoms with Gasteiger partial charge < -0.3 is 4.74 Å². The Labute approximate surface area is 124 Å².